The summed E-state index contributed by atoms with van der Waals surface area (Å²) in [6, 6.07) is 6.77. The van der Waals surface area contributed by atoms with E-state index in [-0.39, 0.29) is 6.10 Å². The molecule has 1 heterocycles. The lowest BCUT2D eigenvalue weighted by atomic mass is 9.95. The van der Waals surface area contributed by atoms with Gasteiger partial charge in [0.1, 0.15) is 5.75 Å². The van der Waals surface area contributed by atoms with E-state index < -0.39 is 0 Å². The highest BCUT2D eigenvalue weighted by Crippen LogP contribution is 2.40. The molecule has 0 radical (unpaired) electrons. The fourth-order valence-electron chi connectivity index (χ4n) is 3.05. The molecule has 0 aliphatic carbocycles. The van der Waals surface area contributed by atoms with Crippen molar-refractivity contribution in [2.45, 2.75) is 39.3 Å². The molecule has 3 nitrogen and oxygen atoms in total. The number of nitrogens with zero attached hydrogens (tertiary/aromatic N) is 1. The highest BCUT2D eigenvalue weighted by atomic mass is 16.5. The number of hydrogen-bond donors (Lipinski definition) is 1. The van der Waals surface area contributed by atoms with E-state index in [2.05, 4.69) is 50.9 Å². The Morgan fingerprint density at radius 2 is 2.16 bits per heavy atom. The van der Waals surface area contributed by atoms with Crippen molar-refractivity contribution in [1.82, 2.24) is 4.90 Å². The van der Waals surface area contributed by atoms with Crippen molar-refractivity contribution < 1.29 is 4.74 Å². The smallest absolute Gasteiger partial charge is 0.124 e. The lowest BCUT2D eigenvalue weighted by Crippen LogP contribution is -2.21. The van der Waals surface area contributed by atoms with Crippen molar-refractivity contribution in [3.63, 3.8) is 0 Å². The van der Waals surface area contributed by atoms with E-state index in [1.54, 1.807) is 0 Å². The van der Waals surface area contributed by atoms with Crippen LogP contribution in [0.25, 0.3) is 0 Å². The van der Waals surface area contributed by atoms with Crippen molar-refractivity contribution >= 4 is 0 Å². The minimum absolute atomic E-state index is 0.206. The predicted molar refractivity (Wildman–Crippen MR) is 79.5 cm³/mol. The van der Waals surface area contributed by atoms with Gasteiger partial charge in [-0.15, -0.1) is 0 Å². The fraction of sp³-hybridized carbons (Fsp3) is 0.625. The van der Waals surface area contributed by atoms with Crippen molar-refractivity contribution in [2.24, 2.45) is 11.7 Å². The Hall–Kier alpha value is -1.06. The fourth-order valence-corrected chi connectivity index (χ4v) is 3.05. The maximum atomic E-state index is 6.00. The Morgan fingerprint density at radius 3 is 2.74 bits per heavy atom. The van der Waals surface area contributed by atoms with Gasteiger partial charge in [0, 0.05) is 18.2 Å². The second-order valence-electron chi connectivity index (χ2n) is 5.95. The standard InChI is InChI=1S/C16H26N2O/c1-11(2)19-15-7-5-6-12(3)16(15)14-8-13(9-17)10-18(14)4/h5-7,11,13-14H,8-10,17H2,1-4H3. The molecule has 1 fully saturated rings. The third-order valence-corrected chi connectivity index (χ3v) is 3.95. The summed E-state index contributed by atoms with van der Waals surface area (Å²) in [5.41, 5.74) is 8.49. The van der Waals surface area contributed by atoms with Gasteiger partial charge in [-0.1, -0.05) is 12.1 Å². The van der Waals surface area contributed by atoms with Gasteiger partial charge in [0.25, 0.3) is 0 Å². The molecular weight excluding hydrogens is 236 g/mol. The number of ether oxygens (including phenoxy) is 1. The molecule has 1 aliphatic rings. The predicted octanol–water partition coefficient (Wildman–Crippen LogP) is 2.73. The summed E-state index contributed by atoms with van der Waals surface area (Å²) in [4.78, 5) is 2.41. The molecule has 2 N–H and O–H groups in total. The monoisotopic (exact) mass is 262 g/mol. The van der Waals surface area contributed by atoms with Crippen LogP contribution >= 0.6 is 0 Å². The first-order valence-electron chi connectivity index (χ1n) is 7.19. The van der Waals surface area contributed by atoms with Gasteiger partial charge in [-0.3, -0.25) is 4.90 Å². The van der Waals surface area contributed by atoms with Crippen LogP contribution in [0.4, 0.5) is 0 Å². The maximum absolute atomic E-state index is 6.00. The quantitative estimate of drug-likeness (QED) is 0.906. The second-order valence-corrected chi connectivity index (χ2v) is 5.95. The van der Waals surface area contributed by atoms with E-state index in [4.69, 9.17) is 10.5 Å². The molecule has 0 aromatic heterocycles. The summed E-state index contributed by atoms with van der Waals surface area (Å²) in [5.74, 6) is 1.63. The van der Waals surface area contributed by atoms with Gasteiger partial charge in [0.2, 0.25) is 0 Å². The first-order valence-corrected chi connectivity index (χ1v) is 7.19. The van der Waals surface area contributed by atoms with Gasteiger partial charge in [-0.05, 0) is 58.3 Å². The number of rotatable bonds is 4. The summed E-state index contributed by atoms with van der Waals surface area (Å²) in [5, 5.41) is 0. The van der Waals surface area contributed by atoms with Crippen LogP contribution in [0.1, 0.15) is 37.4 Å². The largest absolute Gasteiger partial charge is 0.491 e. The lowest BCUT2D eigenvalue weighted by molar-refractivity contribution is 0.230. The zero-order valence-corrected chi connectivity index (χ0v) is 12.5. The van der Waals surface area contributed by atoms with Crippen LogP contribution in [0, 0.1) is 12.8 Å². The highest BCUT2D eigenvalue weighted by molar-refractivity contribution is 5.42. The average Bonchev–Trinajstić information content (AvgIpc) is 2.70. The van der Waals surface area contributed by atoms with E-state index in [0.29, 0.717) is 12.0 Å². The van der Waals surface area contributed by atoms with Crippen molar-refractivity contribution in [3.05, 3.63) is 29.3 Å². The summed E-state index contributed by atoms with van der Waals surface area (Å²) >= 11 is 0. The number of aryl methyl sites for hydroxylation is 1. The molecule has 106 valence electrons. The summed E-state index contributed by atoms with van der Waals surface area (Å²) in [7, 11) is 2.19. The topological polar surface area (TPSA) is 38.5 Å². The van der Waals surface area contributed by atoms with Crippen LogP contribution in [-0.2, 0) is 0 Å². The molecule has 0 spiro atoms. The molecule has 0 bridgehead atoms. The van der Waals surface area contributed by atoms with E-state index in [0.717, 1.165) is 25.3 Å². The van der Waals surface area contributed by atoms with Crippen molar-refractivity contribution in [1.29, 1.82) is 0 Å². The zero-order valence-electron chi connectivity index (χ0n) is 12.5. The SMILES string of the molecule is Cc1cccc(OC(C)C)c1C1CC(CN)CN1C. The van der Waals surface area contributed by atoms with Crippen molar-refractivity contribution in [3.8, 4) is 5.75 Å². The molecule has 1 saturated heterocycles. The first-order chi connectivity index (χ1) is 9.02. The molecule has 2 atom stereocenters. The zero-order chi connectivity index (χ0) is 14.0. The highest BCUT2D eigenvalue weighted by Gasteiger charge is 2.32. The normalized spacial score (nSPS) is 24.1. The number of likely N-dealkylation sites (tertiary alicyclic amines) is 1. The van der Waals surface area contributed by atoms with Crippen LogP contribution < -0.4 is 10.5 Å². The molecule has 1 aliphatic heterocycles. The maximum Gasteiger partial charge on any atom is 0.124 e. The molecule has 0 amide bonds. The minimum atomic E-state index is 0.206. The molecule has 1 aromatic rings. The Kier molecular flexibility index (Phi) is 4.48. The van der Waals surface area contributed by atoms with Crippen LogP contribution in [0.3, 0.4) is 0 Å². The van der Waals surface area contributed by atoms with Crippen LogP contribution in [-0.4, -0.2) is 31.1 Å². The average molecular weight is 262 g/mol. The van der Waals surface area contributed by atoms with Gasteiger partial charge < -0.3 is 10.5 Å². The molecule has 1 aromatic carbocycles. The van der Waals surface area contributed by atoms with Crippen LogP contribution in [0.5, 0.6) is 5.75 Å². The Bertz CT molecular complexity index is 431. The van der Waals surface area contributed by atoms with Gasteiger partial charge in [0.15, 0.2) is 0 Å². The number of hydrogen-bond acceptors (Lipinski definition) is 3. The first kappa shape index (κ1) is 14.4. The second kappa shape index (κ2) is 5.93. The van der Waals surface area contributed by atoms with Gasteiger partial charge in [0.05, 0.1) is 6.10 Å². The summed E-state index contributed by atoms with van der Waals surface area (Å²) in [6.07, 6.45) is 1.34. The van der Waals surface area contributed by atoms with Crippen LogP contribution in [0.15, 0.2) is 18.2 Å². The molecule has 19 heavy (non-hydrogen) atoms. The van der Waals surface area contributed by atoms with Gasteiger partial charge >= 0.3 is 0 Å². The van der Waals surface area contributed by atoms with Gasteiger partial charge in [-0.2, -0.15) is 0 Å². The van der Waals surface area contributed by atoms with Gasteiger partial charge in [-0.25, -0.2) is 0 Å². The molecule has 0 saturated carbocycles. The van der Waals surface area contributed by atoms with Crippen LogP contribution in [0.2, 0.25) is 0 Å². The van der Waals surface area contributed by atoms with E-state index in [9.17, 15) is 0 Å². The Labute approximate surface area is 116 Å². The molecule has 2 rings (SSSR count). The number of nitrogens with two attached hydrogens (primary N) is 1. The summed E-state index contributed by atoms with van der Waals surface area (Å²) in [6.45, 7) is 8.18. The van der Waals surface area contributed by atoms with E-state index >= 15 is 0 Å². The Balaban J connectivity index is 2.32. The van der Waals surface area contributed by atoms with Crippen molar-refractivity contribution in [2.75, 3.05) is 20.1 Å². The number of benzene rings is 1. The minimum Gasteiger partial charge on any atom is -0.491 e. The summed E-state index contributed by atoms with van der Waals surface area (Å²) < 4.78 is 6.00. The third kappa shape index (κ3) is 3.10. The van der Waals surface area contributed by atoms with E-state index in [1.807, 2.05) is 0 Å². The third-order valence-electron chi connectivity index (χ3n) is 3.95. The molecule has 2 unspecified atom stereocenters. The van der Waals surface area contributed by atoms with E-state index in [1.165, 1.54) is 11.1 Å². The lowest BCUT2D eigenvalue weighted by Gasteiger charge is -2.25. The molecular formula is C16H26N2O. The molecule has 3 heteroatoms. The Morgan fingerprint density at radius 1 is 1.42 bits per heavy atom.